The van der Waals surface area contributed by atoms with Crippen molar-refractivity contribution in [3.63, 3.8) is 0 Å². The summed E-state index contributed by atoms with van der Waals surface area (Å²) in [6.07, 6.45) is 2.52. The van der Waals surface area contributed by atoms with Crippen LogP contribution in [0, 0.1) is 0 Å². The van der Waals surface area contributed by atoms with Crippen molar-refractivity contribution in [2.24, 2.45) is 0 Å². The highest BCUT2D eigenvalue weighted by Gasteiger charge is 2.30. The van der Waals surface area contributed by atoms with Gasteiger partial charge in [0.1, 0.15) is 0 Å². The number of benzene rings is 1. The van der Waals surface area contributed by atoms with E-state index in [-0.39, 0.29) is 17.9 Å². The van der Waals surface area contributed by atoms with Crippen molar-refractivity contribution in [3.05, 3.63) is 53.9 Å². The van der Waals surface area contributed by atoms with Gasteiger partial charge in [-0.15, -0.1) is 0 Å². The third-order valence-corrected chi connectivity index (χ3v) is 5.49. The zero-order valence-corrected chi connectivity index (χ0v) is 16.6. The van der Waals surface area contributed by atoms with Crippen molar-refractivity contribution in [1.29, 1.82) is 0 Å². The third-order valence-electron chi connectivity index (χ3n) is 5.49. The smallest absolute Gasteiger partial charge is 0.257 e. The van der Waals surface area contributed by atoms with Crippen molar-refractivity contribution in [1.82, 2.24) is 15.0 Å². The van der Waals surface area contributed by atoms with Gasteiger partial charge in [-0.1, -0.05) is 44.1 Å². The first-order chi connectivity index (χ1) is 13.6. The number of amides is 1. The molecule has 0 spiro atoms. The van der Waals surface area contributed by atoms with Crippen molar-refractivity contribution in [3.8, 4) is 0 Å². The zero-order valence-electron chi connectivity index (χ0n) is 16.6. The van der Waals surface area contributed by atoms with Crippen LogP contribution in [-0.4, -0.2) is 46.6 Å². The number of aromatic nitrogens is 2. The first kappa shape index (κ1) is 18.5. The first-order valence-electron chi connectivity index (χ1n) is 9.94. The van der Waals surface area contributed by atoms with Gasteiger partial charge in [-0.05, 0) is 30.5 Å². The average Bonchev–Trinajstić information content (AvgIpc) is 3.17. The van der Waals surface area contributed by atoms with E-state index < -0.39 is 0 Å². The molecule has 1 fully saturated rings. The largest absolute Gasteiger partial charge is 0.368 e. The summed E-state index contributed by atoms with van der Waals surface area (Å²) in [5, 5.41) is 4.94. The zero-order chi connectivity index (χ0) is 19.7. The number of carbonyl (C=O) groups excluding carboxylic acids is 1. The molecule has 1 aliphatic rings. The van der Waals surface area contributed by atoms with Crippen molar-refractivity contribution in [2.45, 2.75) is 39.2 Å². The SMILES string of the molecule is CCC1CN(c2ccccc2)CCN1C(=O)c1cnc2onc(C(C)C)c2c1. The normalized spacial score (nSPS) is 17.5. The molecule has 2 aromatic heterocycles. The Kier molecular flexibility index (Phi) is 5.03. The number of rotatable bonds is 4. The number of para-hydroxylation sites is 1. The molecule has 1 atom stereocenters. The van der Waals surface area contributed by atoms with Gasteiger partial charge in [0.05, 0.1) is 16.6 Å². The minimum atomic E-state index is 0.0323. The molecule has 0 saturated carbocycles. The van der Waals surface area contributed by atoms with Gasteiger partial charge in [0.15, 0.2) is 0 Å². The number of anilines is 1. The lowest BCUT2D eigenvalue weighted by Crippen LogP contribution is -2.55. The van der Waals surface area contributed by atoms with E-state index in [0.29, 0.717) is 17.8 Å². The molecule has 0 bridgehead atoms. The van der Waals surface area contributed by atoms with Gasteiger partial charge in [-0.2, -0.15) is 0 Å². The van der Waals surface area contributed by atoms with E-state index in [2.05, 4.69) is 60.1 Å². The number of pyridine rings is 1. The molecule has 1 amide bonds. The summed E-state index contributed by atoms with van der Waals surface area (Å²) in [5.41, 5.74) is 3.14. The fraction of sp³-hybridized carbons (Fsp3) is 0.409. The molecule has 1 aliphatic heterocycles. The van der Waals surface area contributed by atoms with Crippen LogP contribution in [0.1, 0.15) is 49.2 Å². The van der Waals surface area contributed by atoms with E-state index in [4.69, 9.17) is 4.52 Å². The molecule has 1 aromatic carbocycles. The lowest BCUT2D eigenvalue weighted by molar-refractivity contribution is 0.0651. The van der Waals surface area contributed by atoms with E-state index in [1.807, 2.05) is 17.0 Å². The van der Waals surface area contributed by atoms with Crippen LogP contribution in [0.2, 0.25) is 0 Å². The summed E-state index contributed by atoms with van der Waals surface area (Å²) < 4.78 is 5.30. The van der Waals surface area contributed by atoms with Gasteiger partial charge in [0.25, 0.3) is 11.6 Å². The second-order valence-electron chi connectivity index (χ2n) is 7.64. The Morgan fingerprint density at radius 2 is 2.04 bits per heavy atom. The van der Waals surface area contributed by atoms with E-state index in [0.717, 1.165) is 30.6 Å². The van der Waals surface area contributed by atoms with Crippen molar-refractivity contribution in [2.75, 3.05) is 24.5 Å². The summed E-state index contributed by atoms with van der Waals surface area (Å²) in [5.74, 6) is 0.246. The molecule has 146 valence electrons. The summed E-state index contributed by atoms with van der Waals surface area (Å²) in [6, 6.07) is 12.4. The van der Waals surface area contributed by atoms with Crippen LogP contribution < -0.4 is 4.90 Å². The number of hydrogen-bond acceptors (Lipinski definition) is 5. The monoisotopic (exact) mass is 378 g/mol. The molecule has 0 radical (unpaired) electrons. The summed E-state index contributed by atoms with van der Waals surface area (Å²) in [4.78, 5) is 22.0. The second-order valence-corrected chi connectivity index (χ2v) is 7.64. The van der Waals surface area contributed by atoms with E-state index in [9.17, 15) is 4.79 Å². The van der Waals surface area contributed by atoms with Gasteiger partial charge in [0.2, 0.25) is 0 Å². The lowest BCUT2D eigenvalue weighted by Gasteiger charge is -2.42. The highest BCUT2D eigenvalue weighted by molar-refractivity contribution is 5.97. The Morgan fingerprint density at radius 3 is 2.75 bits per heavy atom. The Labute approximate surface area is 165 Å². The molecule has 4 rings (SSSR count). The predicted molar refractivity (Wildman–Crippen MR) is 110 cm³/mol. The fourth-order valence-corrected chi connectivity index (χ4v) is 3.89. The molecule has 6 nitrogen and oxygen atoms in total. The minimum absolute atomic E-state index is 0.0323. The van der Waals surface area contributed by atoms with Gasteiger partial charge in [-0.3, -0.25) is 4.79 Å². The standard InChI is InChI=1S/C22H26N4O2/c1-4-17-14-25(18-8-6-5-7-9-18)10-11-26(17)22(27)16-12-19-20(15(2)3)24-28-21(19)23-13-16/h5-9,12-13,15,17H,4,10-11,14H2,1-3H3. The summed E-state index contributed by atoms with van der Waals surface area (Å²) >= 11 is 0. The molecule has 1 unspecified atom stereocenters. The lowest BCUT2D eigenvalue weighted by atomic mass is 10.0. The Balaban J connectivity index is 1.57. The molecule has 28 heavy (non-hydrogen) atoms. The van der Waals surface area contributed by atoms with Gasteiger partial charge in [0, 0.05) is 37.6 Å². The number of nitrogens with zero attached hydrogens (tertiary/aromatic N) is 4. The molecule has 3 aromatic rings. The molecular weight excluding hydrogens is 352 g/mol. The molecular formula is C22H26N4O2. The molecule has 1 saturated heterocycles. The maximum atomic E-state index is 13.3. The van der Waals surface area contributed by atoms with Crippen LogP contribution in [-0.2, 0) is 0 Å². The molecule has 0 aliphatic carbocycles. The number of hydrogen-bond donors (Lipinski definition) is 0. The summed E-state index contributed by atoms with van der Waals surface area (Å²) in [6.45, 7) is 8.62. The maximum Gasteiger partial charge on any atom is 0.257 e. The fourth-order valence-electron chi connectivity index (χ4n) is 3.89. The van der Waals surface area contributed by atoms with E-state index in [1.54, 1.807) is 6.20 Å². The topological polar surface area (TPSA) is 62.5 Å². The summed E-state index contributed by atoms with van der Waals surface area (Å²) in [7, 11) is 0. The Morgan fingerprint density at radius 1 is 1.25 bits per heavy atom. The molecule has 6 heteroatoms. The quantitative estimate of drug-likeness (QED) is 0.684. The van der Waals surface area contributed by atoms with Crippen molar-refractivity contribution < 1.29 is 9.32 Å². The van der Waals surface area contributed by atoms with Gasteiger partial charge in [-0.25, -0.2) is 4.98 Å². The van der Waals surface area contributed by atoms with Crippen LogP contribution in [0.15, 0.2) is 47.1 Å². The van der Waals surface area contributed by atoms with E-state index >= 15 is 0 Å². The highest BCUT2D eigenvalue weighted by Crippen LogP contribution is 2.26. The number of carbonyl (C=O) groups is 1. The van der Waals surface area contributed by atoms with Crippen LogP contribution in [0.5, 0.6) is 0 Å². The predicted octanol–water partition coefficient (Wildman–Crippen LogP) is 4.09. The maximum absolute atomic E-state index is 13.3. The van der Waals surface area contributed by atoms with Crippen LogP contribution in [0.25, 0.3) is 11.1 Å². The molecule has 3 heterocycles. The number of piperazine rings is 1. The second kappa shape index (κ2) is 7.62. The van der Waals surface area contributed by atoms with Gasteiger partial charge >= 0.3 is 0 Å². The van der Waals surface area contributed by atoms with E-state index in [1.165, 1.54) is 5.69 Å². The van der Waals surface area contributed by atoms with Crippen LogP contribution >= 0.6 is 0 Å². The van der Waals surface area contributed by atoms with Crippen LogP contribution in [0.4, 0.5) is 5.69 Å². The highest BCUT2D eigenvalue weighted by atomic mass is 16.5. The van der Waals surface area contributed by atoms with Gasteiger partial charge < -0.3 is 14.3 Å². The Bertz CT molecular complexity index is 967. The number of fused-ring (bicyclic) bond motifs is 1. The Hall–Kier alpha value is -2.89. The average molecular weight is 378 g/mol. The molecule has 0 N–H and O–H groups in total. The third kappa shape index (κ3) is 3.35. The minimum Gasteiger partial charge on any atom is -0.368 e. The first-order valence-corrected chi connectivity index (χ1v) is 9.94. The van der Waals surface area contributed by atoms with Crippen molar-refractivity contribution >= 4 is 22.7 Å². The van der Waals surface area contributed by atoms with Crippen LogP contribution in [0.3, 0.4) is 0 Å².